The third kappa shape index (κ3) is 3.80. The number of carbonyl (C=O) groups excluding carboxylic acids is 1. The Morgan fingerprint density at radius 2 is 1.80 bits per heavy atom. The van der Waals surface area contributed by atoms with Crippen LogP contribution >= 0.6 is 11.6 Å². The summed E-state index contributed by atoms with van der Waals surface area (Å²) in [4.78, 5) is 12.7. The highest BCUT2D eigenvalue weighted by Gasteiger charge is 2.36. The molecule has 3 aromatic carbocycles. The Labute approximate surface area is 181 Å². The molecular weight excluding hydrogens is 420 g/mol. The number of fused-ring (bicyclic) bond motifs is 1. The van der Waals surface area contributed by atoms with Gasteiger partial charge in [-0.2, -0.15) is 0 Å². The smallest absolute Gasteiger partial charge is 0.264 e. The number of halogens is 1. The molecule has 1 heterocycles. The Bertz CT molecular complexity index is 1210. The van der Waals surface area contributed by atoms with E-state index in [0.717, 1.165) is 11.1 Å². The first kappa shape index (κ1) is 20.4. The van der Waals surface area contributed by atoms with Crippen molar-refractivity contribution in [3.05, 3.63) is 94.5 Å². The van der Waals surface area contributed by atoms with Crippen LogP contribution in [0.1, 0.15) is 28.4 Å². The fourth-order valence-electron chi connectivity index (χ4n) is 3.73. The summed E-state index contributed by atoms with van der Waals surface area (Å²) in [6.45, 7) is 2.14. The number of benzene rings is 3. The van der Waals surface area contributed by atoms with E-state index in [2.05, 4.69) is 5.32 Å². The molecule has 7 heteroatoms. The standard InChI is InChI=1S/C23H21ClN2O3S/c1-16-13-17-7-3-5-12-22(17)26(16)30(28,29)20-10-6-9-18(14-20)23(27)25-15-19-8-2-4-11-21(19)24/h2-12,14,16H,13,15H2,1H3,(H,25,27). The lowest BCUT2D eigenvalue weighted by molar-refractivity contribution is 0.0950. The number of hydrogen-bond donors (Lipinski definition) is 1. The SMILES string of the molecule is CC1Cc2ccccc2N1S(=O)(=O)c1cccc(C(=O)NCc2ccccc2Cl)c1. The van der Waals surface area contributed by atoms with Crippen molar-refractivity contribution in [3.63, 3.8) is 0 Å². The van der Waals surface area contributed by atoms with Crippen LogP contribution in [-0.4, -0.2) is 20.4 Å². The topological polar surface area (TPSA) is 66.5 Å². The van der Waals surface area contributed by atoms with Crippen LogP contribution in [0.2, 0.25) is 5.02 Å². The summed E-state index contributed by atoms with van der Waals surface area (Å²) in [6.07, 6.45) is 0.660. The van der Waals surface area contributed by atoms with E-state index >= 15 is 0 Å². The molecule has 154 valence electrons. The lowest BCUT2D eigenvalue weighted by Gasteiger charge is -2.24. The van der Waals surface area contributed by atoms with E-state index in [0.29, 0.717) is 17.1 Å². The first-order valence-electron chi connectivity index (χ1n) is 9.62. The molecular formula is C23H21ClN2O3S. The van der Waals surface area contributed by atoms with E-state index in [1.54, 1.807) is 18.2 Å². The first-order valence-corrected chi connectivity index (χ1v) is 11.4. The molecule has 3 aromatic rings. The Kier molecular flexibility index (Phi) is 5.54. The number of sulfonamides is 1. The second-order valence-electron chi connectivity index (χ2n) is 7.28. The average molecular weight is 441 g/mol. The second-order valence-corrected chi connectivity index (χ2v) is 9.51. The van der Waals surface area contributed by atoms with Gasteiger partial charge in [0.1, 0.15) is 0 Å². The molecule has 0 radical (unpaired) electrons. The predicted molar refractivity (Wildman–Crippen MR) is 118 cm³/mol. The summed E-state index contributed by atoms with van der Waals surface area (Å²) in [6, 6.07) is 20.7. The van der Waals surface area contributed by atoms with Crippen LogP contribution in [0, 0.1) is 0 Å². The summed E-state index contributed by atoms with van der Waals surface area (Å²) < 4.78 is 28.2. The minimum atomic E-state index is -3.80. The molecule has 1 aliphatic rings. The maximum Gasteiger partial charge on any atom is 0.264 e. The van der Waals surface area contributed by atoms with Crippen molar-refractivity contribution in [1.82, 2.24) is 5.32 Å². The number of rotatable bonds is 5. The molecule has 0 bridgehead atoms. The zero-order chi connectivity index (χ0) is 21.3. The molecule has 4 rings (SSSR count). The molecule has 1 N–H and O–H groups in total. The molecule has 1 amide bonds. The number of nitrogens with zero attached hydrogens (tertiary/aromatic N) is 1. The lowest BCUT2D eigenvalue weighted by Crippen LogP contribution is -2.35. The van der Waals surface area contributed by atoms with E-state index in [-0.39, 0.29) is 29.0 Å². The van der Waals surface area contributed by atoms with E-state index in [4.69, 9.17) is 11.6 Å². The van der Waals surface area contributed by atoms with Crippen molar-refractivity contribution in [2.45, 2.75) is 30.8 Å². The van der Waals surface area contributed by atoms with Gasteiger partial charge in [0.2, 0.25) is 0 Å². The van der Waals surface area contributed by atoms with E-state index < -0.39 is 10.0 Å². The molecule has 1 aliphatic heterocycles. The predicted octanol–water partition coefficient (Wildman–Crippen LogP) is 4.41. The molecule has 0 spiro atoms. The fourth-order valence-corrected chi connectivity index (χ4v) is 5.68. The van der Waals surface area contributed by atoms with Gasteiger partial charge in [-0.1, -0.05) is 54.1 Å². The highest BCUT2D eigenvalue weighted by Crippen LogP contribution is 2.36. The van der Waals surface area contributed by atoms with Gasteiger partial charge < -0.3 is 5.32 Å². The molecule has 0 fully saturated rings. The van der Waals surface area contributed by atoms with Crippen molar-refractivity contribution >= 4 is 33.2 Å². The number of para-hydroxylation sites is 1. The summed E-state index contributed by atoms with van der Waals surface area (Å²) in [7, 11) is -3.80. The highest BCUT2D eigenvalue weighted by atomic mass is 35.5. The first-order chi connectivity index (χ1) is 14.4. The zero-order valence-corrected chi connectivity index (χ0v) is 18.0. The minimum Gasteiger partial charge on any atom is -0.348 e. The largest absolute Gasteiger partial charge is 0.348 e. The Morgan fingerprint density at radius 3 is 2.60 bits per heavy atom. The monoisotopic (exact) mass is 440 g/mol. The second kappa shape index (κ2) is 8.13. The van der Waals surface area contributed by atoms with E-state index in [1.807, 2.05) is 49.4 Å². The van der Waals surface area contributed by atoms with Crippen LogP contribution in [-0.2, 0) is 23.0 Å². The number of nitrogens with one attached hydrogen (secondary N) is 1. The Morgan fingerprint density at radius 1 is 1.07 bits per heavy atom. The molecule has 0 saturated heterocycles. The van der Waals surface area contributed by atoms with Gasteiger partial charge in [0.15, 0.2) is 0 Å². The lowest BCUT2D eigenvalue weighted by atomic mass is 10.1. The Balaban J connectivity index is 1.58. The van der Waals surface area contributed by atoms with Crippen LogP contribution in [0.15, 0.2) is 77.7 Å². The maximum absolute atomic E-state index is 13.4. The third-order valence-electron chi connectivity index (χ3n) is 5.19. The molecule has 0 saturated carbocycles. The molecule has 1 unspecified atom stereocenters. The molecule has 0 aliphatic carbocycles. The molecule has 0 aromatic heterocycles. The fraction of sp³-hybridized carbons (Fsp3) is 0.174. The van der Waals surface area contributed by atoms with Gasteiger partial charge in [-0.25, -0.2) is 8.42 Å². The van der Waals surface area contributed by atoms with E-state index in [9.17, 15) is 13.2 Å². The summed E-state index contributed by atoms with van der Waals surface area (Å²) in [5.41, 5.74) is 2.77. The van der Waals surface area contributed by atoms with Gasteiger partial charge in [0.05, 0.1) is 10.6 Å². The zero-order valence-electron chi connectivity index (χ0n) is 16.4. The van der Waals surface area contributed by atoms with Crippen LogP contribution in [0.3, 0.4) is 0 Å². The minimum absolute atomic E-state index is 0.0939. The summed E-state index contributed by atoms with van der Waals surface area (Å²) in [5.74, 6) is -0.359. The van der Waals surface area contributed by atoms with Crippen molar-refractivity contribution in [2.24, 2.45) is 0 Å². The van der Waals surface area contributed by atoms with Crippen LogP contribution < -0.4 is 9.62 Å². The average Bonchev–Trinajstić information content (AvgIpc) is 3.09. The number of hydrogen-bond acceptors (Lipinski definition) is 3. The Hall–Kier alpha value is -2.83. The van der Waals surface area contributed by atoms with Gasteiger partial charge in [0.25, 0.3) is 15.9 Å². The summed E-state index contributed by atoms with van der Waals surface area (Å²) in [5, 5.41) is 3.36. The van der Waals surface area contributed by atoms with E-state index in [1.165, 1.54) is 16.4 Å². The maximum atomic E-state index is 13.4. The number of carbonyl (C=O) groups is 1. The normalized spacial score (nSPS) is 15.7. The van der Waals surface area contributed by atoms with Crippen molar-refractivity contribution in [3.8, 4) is 0 Å². The van der Waals surface area contributed by atoms with Crippen molar-refractivity contribution < 1.29 is 13.2 Å². The highest BCUT2D eigenvalue weighted by molar-refractivity contribution is 7.92. The van der Waals surface area contributed by atoms with Crippen LogP contribution in [0.5, 0.6) is 0 Å². The third-order valence-corrected chi connectivity index (χ3v) is 7.49. The number of amides is 1. The van der Waals surface area contributed by atoms with Gasteiger partial charge >= 0.3 is 0 Å². The van der Waals surface area contributed by atoms with Gasteiger partial charge in [-0.15, -0.1) is 0 Å². The quantitative estimate of drug-likeness (QED) is 0.639. The van der Waals surface area contributed by atoms with Crippen molar-refractivity contribution in [2.75, 3.05) is 4.31 Å². The number of anilines is 1. The van der Waals surface area contributed by atoms with Crippen molar-refractivity contribution in [1.29, 1.82) is 0 Å². The van der Waals surface area contributed by atoms with Crippen LogP contribution in [0.25, 0.3) is 0 Å². The van der Waals surface area contributed by atoms with Gasteiger partial charge in [-0.05, 0) is 54.8 Å². The van der Waals surface area contributed by atoms with Gasteiger partial charge in [-0.3, -0.25) is 9.10 Å². The van der Waals surface area contributed by atoms with Crippen LogP contribution in [0.4, 0.5) is 5.69 Å². The molecule has 1 atom stereocenters. The molecule has 30 heavy (non-hydrogen) atoms. The summed E-state index contributed by atoms with van der Waals surface area (Å²) >= 11 is 6.13. The van der Waals surface area contributed by atoms with Gasteiger partial charge in [0, 0.05) is 23.2 Å². The molecule has 5 nitrogen and oxygen atoms in total.